The number of fused-ring (bicyclic) bond motifs is 1. The van der Waals surface area contributed by atoms with Crippen molar-refractivity contribution in [1.29, 1.82) is 0 Å². The van der Waals surface area contributed by atoms with E-state index in [9.17, 15) is 0 Å². The Morgan fingerprint density at radius 2 is 1.89 bits per heavy atom. The Hall–Kier alpha value is -1.30. The Morgan fingerprint density at radius 1 is 1.11 bits per heavy atom. The molecule has 96 valence electrons. The van der Waals surface area contributed by atoms with Crippen molar-refractivity contribution in [2.75, 3.05) is 0 Å². The summed E-state index contributed by atoms with van der Waals surface area (Å²) in [5.74, 6) is 0.621. The molecule has 0 saturated carbocycles. The Bertz CT molecular complexity index is 708. The molecule has 0 bridgehead atoms. The van der Waals surface area contributed by atoms with Gasteiger partial charge in [-0.3, -0.25) is 9.38 Å². The molecular formula is C12H8Cl2N4S. The topological polar surface area (TPSA) is 43.1 Å². The highest BCUT2D eigenvalue weighted by atomic mass is 35.5. The molecule has 0 aliphatic carbocycles. The van der Waals surface area contributed by atoms with Crippen LogP contribution in [0, 0.1) is 0 Å². The van der Waals surface area contributed by atoms with Gasteiger partial charge in [0.2, 0.25) is 0 Å². The Morgan fingerprint density at radius 3 is 2.68 bits per heavy atom. The third-order valence-electron chi connectivity index (χ3n) is 2.58. The predicted octanol–water partition coefficient (Wildman–Crippen LogP) is 3.72. The Labute approximate surface area is 123 Å². The Balaban J connectivity index is 1.87. The molecule has 3 aromatic rings. The monoisotopic (exact) mass is 310 g/mol. The van der Waals surface area contributed by atoms with Crippen molar-refractivity contribution < 1.29 is 0 Å². The molecule has 7 heteroatoms. The number of rotatable bonds is 3. The van der Waals surface area contributed by atoms with Gasteiger partial charge in [0.1, 0.15) is 0 Å². The van der Waals surface area contributed by atoms with E-state index in [1.807, 2.05) is 28.8 Å². The first kappa shape index (κ1) is 12.7. The number of pyridine rings is 2. The fourth-order valence-corrected chi connectivity index (χ4v) is 3.26. The molecule has 4 nitrogen and oxygen atoms in total. The van der Waals surface area contributed by atoms with E-state index < -0.39 is 0 Å². The summed E-state index contributed by atoms with van der Waals surface area (Å²) in [5.41, 5.74) is 1.67. The summed E-state index contributed by atoms with van der Waals surface area (Å²) >= 11 is 13.7. The first-order valence-corrected chi connectivity index (χ1v) is 7.20. The van der Waals surface area contributed by atoms with Crippen LogP contribution < -0.4 is 0 Å². The van der Waals surface area contributed by atoms with E-state index in [2.05, 4.69) is 15.2 Å². The van der Waals surface area contributed by atoms with E-state index in [-0.39, 0.29) is 0 Å². The van der Waals surface area contributed by atoms with Gasteiger partial charge in [-0.1, -0.05) is 41.0 Å². The van der Waals surface area contributed by atoms with Crippen LogP contribution in [-0.4, -0.2) is 19.6 Å². The molecule has 3 rings (SSSR count). The molecule has 0 spiro atoms. The number of halogens is 2. The van der Waals surface area contributed by atoms with E-state index in [0.717, 1.165) is 16.4 Å². The summed E-state index contributed by atoms with van der Waals surface area (Å²) in [5, 5.41) is 10.2. The summed E-state index contributed by atoms with van der Waals surface area (Å²) in [6.07, 6.45) is 5.10. The quantitative estimate of drug-likeness (QED) is 0.691. The fourth-order valence-electron chi connectivity index (χ4n) is 1.63. The minimum absolute atomic E-state index is 0.564. The molecule has 0 aromatic carbocycles. The van der Waals surface area contributed by atoms with E-state index in [0.29, 0.717) is 15.8 Å². The first-order chi connectivity index (χ1) is 9.25. The van der Waals surface area contributed by atoms with Crippen molar-refractivity contribution in [2.24, 2.45) is 0 Å². The maximum absolute atomic E-state index is 6.08. The molecule has 0 fully saturated rings. The van der Waals surface area contributed by atoms with Gasteiger partial charge in [0.05, 0.1) is 10.0 Å². The number of nitrogens with zero attached hydrogens (tertiary/aromatic N) is 4. The second-order valence-corrected chi connectivity index (χ2v) is 5.54. The van der Waals surface area contributed by atoms with Crippen LogP contribution in [0.2, 0.25) is 10.0 Å². The highest BCUT2D eigenvalue weighted by Gasteiger charge is 2.10. The number of hydrogen-bond donors (Lipinski definition) is 0. The third-order valence-corrected chi connectivity index (χ3v) is 4.20. The molecule has 0 amide bonds. The van der Waals surface area contributed by atoms with Gasteiger partial charge < -0.3 is 0 Å². The average Bonchev–Trinajstić information content (AvgIpc) is 2.82. The van der Waals surface area contributed by atoms with Crippen LogP contribution in [0.4, 0.5) is 0 Å². The van der Waals surface area contributed by atoms with Crippen LogP contribution in [0.3, 0.4) is 0 Å². The normalized spacial score (nSPS) is 11.1. The van der Waals surface area contributed by atoms with Gasteiger partial charge >= 0.3 is 0 Å². The minimum Gasteiger partial charge on any atom is -0.277 e. The van der Waals surface area contributed by atoms with Crippen molar-refractivity contribution >= 4 is 40.6 Å². The van der Waals surface area contributed by atoms with Crippen molar-refractivity contribution in [2.45, 2.75) is 10.9 Å². The standard InChI is InChI=1S/C12H8Cl2N4S/c13-9-5-15-6-10(14)8(9)7-19-12-17-16-11-3-1-2-4-18(11)12/h1-6H,7H2. The summed E-state index contributed by atoms with van der Waals surface area (Å²) < 4.78 is 1.92. The fraction of sp³-hybridized carbons (Fsp3) is 0.0833. The lowest BCUT2D eigenvalue weighted by Gasteiger charge is -2.04. The van der Waals surface area contributed by atoms with E-state index >= 15 is 0 Å². The molecule has 3 heterocycles. The smallest absolute Gasteiger partial charge is 0.195 e. The van der Waals surface area contributed by atoms with Crippen LogP contribution in [0.25, 0.3) is 5.65 Å². The highest BCUT2D eigenvalue weighted by molar-refractivity contribution is 7.98. The summed E-state index contributed by atoms with van der Waals surface area (Å²) in [4.78, 5) is 3.93. The predicted molar refractivity (Wildman–Crippen MR) is 76.8 cm³/mol. The average molecular weight is 311 g/mol. The van der Waals surface area contributed by atoms with Gasteiger partial charge in [-0.15, -0.1) is 10.2 Å². The van der Waals surface area contributed by atoms with Gasteiger partial charge in [-0.2, -0.15) is 0 Å². The molecule has 0 aliphatic rings. The van der Waals surface area contributed by atoms with Crippen LogP contribution in [0.15, 0.2) is 41.9 Å². The number of hydrogen-bond acceptors (Lipinski definition) is 4. The van der Waals surface area contributed by atoms with Gasteiger partial charge in [-0.25, -0.2) is 0 Å². The third kappa shape index (κ3) is 2.54. The van der Waals surface area contributed by atoms with E-state index in [1.54, 1.807) is 12.4 Å². The van der Waals surface area contributed by atoms with Crippen molar-refractivity contribution in [1.82, 2.24) is 19.6 Å². The second kappa shape index (κ2) is 5.36. The lowest BCUT2D eigenvalue weighted by molar-refractivity contribution is 0.921. The largest absolute Gasteiger partial charge is 0.277 e. The van der Waals surface area contributed by atoms with Gasteiger partial charge in [0.25, 0.3) is 0 Å². The zero-order chi connectivity index (χ0) is 13.2. The number of thioether (sulfide) groups is 1. The van der Waals surface area contributed by atoms with Gasteiger partial charge in [0, 0.05) is 29.9 Å². The van der Waals surface area contributed by atoms with Crippen LogP contribution in [0.1, 0.15) is 5.56 Å². The maximum atomic E-state index is 6.08. The molecule has 0 N–H and O–H groups in total. The lowest BCUT2D eigenvalue weighted by atomic mass is 10.3. The van der Waals surface area contributed by atoms with Crippen LogP contribution >= 0.6 is 35.0 Å². The SMILES string of the molecule is Clc1cncc(Cl)c1CSc1nnc2ccccn12. The van der Waals surface area contributed by atoms with Crippen LogP contribution in [0.5, 0.6) is 0 Å². The minimum atomic E-state index is 0.564. The molecule has 0 atom stereocenters. The van der Waals surface area contributed by atoms with Crippen molar-refractivity contribution in [3.8, 4) is 0 Å². The zero-order valence-corrected chi connectivity index (χ0v) is 12.0. The molecule has 0 aliphatic heterocycles. The molecule has 3 aromatic heterocycles. The maximum Gasteiger partial charge on any atom is 0.195 e. The lowest BCUT2D eigenvalue weighted by Crippen LogP contribution is -1.90. The molecule has 0 unspecified atom stereocenters. The highest BCUT2D eigenvalue weighted by Crippen LogP contribution is 2.30. The summed E-state index contributed by atoms with van der Waals surface area (Å²) in [6, 6.07) is 5.77. The molecular weight excluding hydrogens is 303 g/mol. The molecule has 0 saturated heterocycles. The van der Waals surface area contributed by atoms with Crippen molar-refractivity contribution in [3.63, 3.8) is 0 Å². The molecule has 19 heavy (non-hydrogen) atoms. The van der Waals surface area contributed by atoms with E-state index in [1.165, 1.54) is 11.8 Å². The number of aromatic nitrogens is 4. The summed E-state index contributed by atoms with van der Waals surface area (Å²) in [7, 11) is 0. The Kier molecular flexibility index (Phi) is 3.59. The first-order valence-electron chi connectivity index (χ1n) is 5.46. The van der Waals surface area contributed by atoms with Gasteiger partial charge in [-0.05, 0) is 12.1 Å². The van der Waals surface area contributed by atoms with Gasteiger partial charge in [0.15, 0.2) is 10.8 Å². The van der Waals surface area contributed by atoms with E-state index in [4.69, 9.17) is 23.2 Å². The second-order valence-electron chi connectivity index (χ2n) is 3.78. The van der Waals surface area contributed by atoms with Crippen LogP contribution in [-0.2, 0) is 5.75 Å². The van der Waals surface area contributed by atoms with Crippen molar-refractivity contribution in [3.05, 3.63) is 52.4 Å². The molecule has 0 radical (unpaired) electrons. The summed E-state index contributed by atoms with van der Waals surface area (Å²) in [6.45, 7) is 0. The zero-order valence-electron chi connectivity index (χ0n) is 9.62.